The summed E-state index contributed by atoms with van der Waals surface area (Å²) in [5.74, 6) is -2.13. The monoisotopic (exact) mass is 474 g/mol. The van der Waals surface area contributed by atoms with Crippen molar-refractivity contribution in [3.05, 3.63) is 63.6 Å². The first-order valence-corrected chi connectivity index (χ1v) is 9.91. The van der Waals surface area contributed by atoms with Crippen LogP contribution < -0.4 is 5.32 Å². The molecule has 0 aromatic heterocycles. The maximum absolute atomic E-state index is 12.5. The summed E-state index contributed by atoms with van der Waals surface area (Å²) < 4.78 is 10.8. The second-order valence-electron chi connectivity index (χ2n) is 6.50. The van der Waals surface area contributed by atoms with Gasteiger partial charge >= 0.3 is 5.97 Å². The number of fused-ring (bicyclic) bond motifs is 1. The van der Waals surface area contributed by atoms with Crippen molar-refractivity contribution < 1.29 is 28.7 Å². The average Bonchev–Trinajstić information content (AvgIpc) is 2.98. The summed E-state index contributed by atoms with van der Waals surface area (Å²) in [5.41, 5.74) is 1.03. The second-order valence-corrected chi connectivity index (χ2v) is 7.42. The highest BCUT2D eigenvalue weighted by molar-refractivity contribution is 9.10. The van der Waals surface area contributed by atoms with Crippen LogP contribution in [0.25, 0.3) is 0 Å². The second kappa shape index (κ2) is 9.64. The number of hydrogen-bond acceptors (Lipinski definition) is 6. The van der Waals surface area contributed by atoms with Gasteiger partial charge in [0.05, 0.1) is 16.7 Å². The lowest BCUT2D eigenvalue weighted by Gasteiger charge is -2.12. The Hall–Kier alpha value is -3.04. The third kappa shape index (κ3) is 4.92. The number of imide groups is 1. The van der Waals surface area contributed by atoms with E-state index >= 15 is 0 Å². The smallest absolute Gasteiger partial charge is 0.338 e. The molecule has 0 fully saturated rings. The van der Waals surface area contributed by atoms with E-state index in [2.05, 4.69) is 21.2 Å². The van der Waals surface area contributed by atoms with Gasteiger partial charge in [-0.1, -0.05) is 15.9 Å². The first kappa shape index (κ1) is 21.7. The normalized spacial score (nSPS) is 12.7. The van der Waals surface area contributed by atoms with Crippen molar-refractivity contribution >= 4 is 45.3 Å². The van der Waals surface area contributed by atoms with Crippen LogP contribution in [0, 0.1) is 0 Å². The van der Waals surface area contributed by atoms with Crippen LogP contribution in [0.5, 0.6) is 0 Å². The van der Waals surface area contributed by atoms with Crippen molar-refractivity contribution in [2.24, 2.45) is 0 Å². The highest BCUT2D eigenvalue weighted by Gasteiger charge is 2.35. The minimum absolute atomic E-state index is 0.0880. The van der Waals surface area contributed by atoms with E-state index in [9.17, 15) is 19.2 Å². The zero-order valence-corrected chi connectivity index (χ0v) is 17.7. The standard InChI is InChI=1S/C21H19BrN2O6/c1-29-10-2-9-24-19(26)16-8-3-13(11-17(16)20(24)27)21(28)30-12-18(25)23-15-6-4-14(22)5-7-15/h3-8,11H,2,9-10,12H2,1H3,(H,23,25). The molecule has 1 heterocycles. The van der Waals surface area contributed by atoms with Gasteiger partial charge in [-0.05, 0) is 48.9 Å². The Morgan fingerprint density at radius 1 is 1.03 bits per heavy atom. The zero-order chi connectivity index (χ0) is 21.7. The molecule has 2 aromatic carbocycles. The van der Waals surface area contributed by atoms with Gasteiger partial charge in [-0.15, -0.1) is 0 Å². The van der Waals surface area contributed by atoms with Crippen LogP contribution in [0.4, 0.5) is 5.69 Å². The van der Waals surface area contributed by atoms with Gasteiger partial charge in [-0.25, -0.2) is 4.79 Å². The molecule has 0 bridgehead atoms. The minimum Gasteiger partial charge on any atom is -0.452 e. The molecule has 0 aliphatic carbocycles. The van der Waals surface area contributed by atoms with Crippen LogP contribution in [0.1, 0.15) is 37.5 Å². The molecular formula is C21H19BrN2O6. The number of nitrogens with zero attached hydrogens (tertiary/aromatic N) is 1. The van der Waals surface area contributed by atoms with Crippen LogP contribution in [-0.2, 0) is 14.3 Å². The molecule has 1 aliphatic heterocycles. The molecule has 0 spiro atoms. The third-order valence-electron chi connectivity index (χ3n) is 4.40. The van der Waals surface area contributed by atoms with Gasteiger partial charge in [0.25, 0.3) is 17.7 Å². The fourth-order valence-electron chi connectivity index (χ4n) is 2.93. The van der Waals surface area contributed by atoms with Crippen molar-refractivity contribution in [1.82, 2.24) is 4.90 Å². The number of methoxy groups -OCH3 is 1. The molecule has 3 rings (SSSR count). The molecule has 1 N–H and O–H groups in total. The van der Waals surface area contributed by atoms with E-state index in [1.807, 2.05) is 0 Å². The lowest BCUT2D eigenvalue weighted by molar-refractivity contribution is -0.119. The van der Waals surface area contributed by atoms with E-state index in [1.165, 1.54) is 18.2 Å². The lowest BCUT2D eigenvalue weighted by Crippen LogP contribution is -2.31. The van der Waals surface area contributed by atoms with Crippen molar-refractivity contribution in [2.75, 3.05) is 32.2 Å². The average molecular weight is 475 g/mol. The van der Waals surface area contributed by atoms with Crippen molar-refractivity contribution in [1.29, 1.82) is 0 Å². The Bertz CT molecular complexity index is 989. The van der Waals surface area contributed by atoms with E-state index in [4.69, 9.17) is 9.47 Å². The van der Waals surface area contributed by atoms with E-state index in [0.29, 0.717) is 18.7 Å². The summed E-state index contributed by atoms with van der Waals surface area (Å²) in [4.78, 5) is 50.3. The molecule has 0 unspecified atom stereocenters. The van der Waals surface area contributed by atoms with Crippen molar-refractivity contribution in [3.63, 3.8) is 0 Å². The largest absolute Gasteiger partial charge is 0.452 e. The number of hydrogen-bond donors (Lipinski definition) is 1. The summed E-state index contributed by atoms with van der Waals surface area (Å²) in [6, 6.07) is 11.1. The van der Waals surface area contributed by atoms with E-state index < -0.39 is 30.3 Å². The highest BCUT2D eigenvalue weighted by Crippen LogP contribution is 2.24. The molecule has 2 aromatic rings. The number of benzene rings is 2. The van der Waals surface area contributed by atoms with Gasteiger partial charge in [-0.2, -0.15) is 0 Å². The molecule has 30 heavy (non-hydrogen) atoms. The number of esters is 1. The van der Waals surface area contributed by atoms with Crippen LogP contribution in [-0.4, -0.2) is 55.5 Å². The molecule has 1 aliphatic rings. The van der Waals surface area contributed by atoms with Gasteiger partial charge in [0.2, 0.25) is 0 Å². The van der Waals surface area contributed by atoms with E-state index in [0.717, 1.165) is 9.37 Å². The van der Waals surface area contributed by atoms with Crippen LogP contribution in [0.15, 0.2) is 46.9 Å². The highest BCUT2D eigenvalue weighted by atomic mass is 79.9. The van der Waals surface area contributed by atoms with Crippen LogP contribution >= 0.6 is 15.9 Å². The fourth-order valence-corrected chi connectivity index (χ4v) is 3.20. The summed E-state index contributed by atoms with van der Waals surface area (Å²) in [5, 5.41) is 2.61. The number of ether oxygens (including phenoxy) is 2. The van der Waals surface area contributed by atoms with Crippen molar-refractivity contribution in [3.8, 4) is 0 Å². The topological polar surface area (TPSA) is 102 Å². The number of anilines is 1. The molecular weight excluding hydrogens is 456 g/mol. The van der Waals surface area contributed by atoms with Crippen LogP contribution in [0.3, 0.4) is 0 Å². The van der Waals surface area contributed by atoms with Crippen molar-refractivity contribution in [2.45, 2.75) is 6.42 Å². The number of rotatable bonds is 8. The lowest BCUT2D eigenvalue weighted by atomic mass is 10.1. The molecule has 3 amide bonds. The first-order chi connectivity index (χ1) is 14.4. The molecule has 0 saturated heterocycles. The Balaban J connectivity index is 1.60. The number of carbonyl (C=O) groups is 4. The summed E-state index contributed by atoms with van der Waals surface area (Å²) in [7, 11) is 1.54. The van der Waals surface area contributed by atoms with Gasteiger partial charge in [0.15, 0.2) is 6.61 Å². The molecule has 9 heteroatoms. The zero-order valence-electron chi connectivity index (χ0n) is 16.1. The van der Waals surface area contributed by atoms with E-state index in [1.54, 1.807) is 31.4 Å². The predicted octanol–water partition coefficient (Wildman–Crippen LogP) is 2.88. The predicted molar refractivity (Wildman–Crippen MR) is 111 cm³/mol. The number of amides is 3. The van der Waals surface area contributed by atoms with E-state index in [-0.39, 0.29) is 23.2 Å². The summed E-state index contributed by atoms with van der Waals surface area (Å²) >= 11 is 3.30. The maximum atomic E-state index is 12.5. The Morgan fingerprint density at radius 2 is 1.73 bits per heavy atom. The SMILES string of the molecule is COCCCN1C(=O)c2ccc(C(=O)OCC(=O)Nc3ccc(Br)cc3)cc2C1=O. The number of nitrogens with one attached hydrogen (secondary N) is 1. The van der Waals surface area contributed by atoms with Gasteiger partial charge < -0.3 is 14.8 Å². The summed E-state index contributed by atoms with van der Waals surface area (Å²) in [6.45, 7) is 0.172. The molecule has 8 nitrogen and oxygen atoms in total. The summed E-state index contributed by atoms with van der Waals surface area (Å²) in [6.07, 6.45) is 0.518. The molecule has 0 radical (unpaired) electrons. The fraction of sp³-hybridized carbons (Fsp3) is 0.238. The number of halogens is 1. The molecule has 0 saturated carbocycles. The van der Waals surface area contributed by atoms with Gasteiger partial charge in [0, 0.05) is 30.4 Å². The Morgan fingerprint density at radius 3 is 2.43 bits per heavy atom. The number of carbonyl (C=O) groups excluding carboxylic acids is 4. The first-order valence-electron chi connectivity index (χ1n) is 9.12. The Kier molecular flexibility index (Phi) is 6.96. The minimum atomic E-state index is -0.762. The van der Waals surface area contributed by atoms with Gasteiger partial charge in [0.1, 0.15) is 0 Å². The Labute approximate surface area is 181 Å². The van der Waals surface area contributed by atoms with Gasteiger partial charge in [-0.3, -0.25) is 19.3 Å². The van der Waals surface area contributed by atoms with Crippen LogP contribution in [0.2, 0.25) is 0 Å². The molecule has 156 valence electrons. The third-order valence-corrected chi connectivity index (χ3v) is 4.93. The maximum Gasteiger partial charge on any atom is 0.338 e. The quantitative estimate of drug-likeness (QED) is 0.358. The molecule has 0 atom stereocenters.